The van der Waals surface area contributed by atoms with Gasteiger partial charge < -0.3 is 41.1 Å². The number of aromatic nitrogens is 4. The number of hydrogen-bond acceptors (Lipinski definition) is 10. The average molecular weight is 734 g/mol. The van der Waals surface area contributed by atoms with Crippen LogP contribution in [-0.2, 0) is 16.1 Å². The van der Waals surface area contributed by atoms with Crippen LogP contribution in [0.3, 0.4) is 0 Å². The van der Waals surface area contributed by atoms with Gasteiger partial charge in [-0.05, 0) is 30.0 Å². The van der Waals surface area contributed by atoms with Crippen LogP contribution in [0.5, 0.6) is 0 Å². The minimum absolute atomic E-state index is 0.0951. The monoisotopic (exact) mass is 733 g/mol. The largest absolute Gasteiger partial charge is 0.387 e. The molecule has 54 heavy (non-hydrogen) atoms. The molecule has 0 radical (unpaired) electrons. The predicted octanol–water partition coefficient (Wildman–Crippen LogP) is 2.54. The minimum atomic E-state index is -1.52. The summed E-state index contributed by atoms with van der Waals surface area (Å²) in [6, 6.07) is 29.0. The molecule has 15 heteroatoms. The maximum absolute atomic E-state index is 13.9. The Balaban J connectivity index is 1.15. The van der Waals surface area contributed by atoms with Gasteiger partial charge in [0.05, 0.1) is 6.33 Å². The van der Waals surface area contributed by atoms with Gasteiger partial charge in [-0.3, -0.25) is 14.2 Å². The van der Waals surface area contributed by atoms with E-state index in [2.05, 4.69) is 36.2 Å². The van der Waals surface area contributed by atoms with Crippen molar-refractivity contribution < 1.29 is 29.3 Å². The summed E-state index contributed by atoms with van der Waals surface area (Å²) >= 11 is 0. The minimum Gasteiger partial charge on any atom is -0.387 e. The number of likely N-dealkylation sites (N-methyl/N-ethyl adjacent to an activating group) is 1. The number of carbonyl (C=O) groups excluding carboxylic acids is 3. The molecule has 7 rings (SSSR count). The van der Waals surface area contributed by atoms with Crippen molar-refractivity contribution in [2.45, 2.75) is 56.4 Å². The molecular formula is C39H43N9O6. The van der Waals surface area contributed by atoms with E-state index >= 15 is 0 Å². The molecule has 0 saturated carbocycles. The number of carbonyl (C=O) groups is 3. The van der Waals surface area contributed by atoms with E-state index in [1.807, 2.05) is 91.0 Å². The SMILES string of the molecule is CCNC(=O)[C@H]1O[C@@H](n2cnc3c(NCC(c4ccccc4)c4ccccc4)nc(C(=O)N[C@@H]4CCN(C(=O)NCc5ccccc5)C4)nc32)[C@H](O)[C@@H]1O. The summed E-state index contributed by atoms with van der Waals surface area (Å²) in [5.41, 5.74) is 3.55. The third kappa shape index (κ3) is 7.88. The lowest BCUT2D eigenvalue weighted by Gasteiger charge is -2.20. The highest BCUT2D eigenvalue weighted by Crippen LogP contribution is 2.33. The van der Waals surface area contributed by atoms with E-state index in [0.717, 1.165) is 16.7 Å². The van der Waals surface area contributed by atoms with Gasteiger partial charge in [0.25, 0.3) is 11.8 Å². The molecule has 2 aliphatic heterocycles. The van der Waals surface area contributed by atoms with Crippen LogP contribution in [0, 0.1) is 0 Å². The van der Waals surface area contributed by atoms with Crippen molar-refractivity contribution >= 4 is 34.8 Å². The molecule has 0 aliphatic carbocycles. The molecule has 5 atom stereocenters. The van der Waals surface area contributed by atoms with Gasteiger partial charge in [-0.2, -0.15) is 0 Å². The van der Waals surface area contributed by atoms with Crippen molar-refractivity contribution in [3.63, 3.8) is 0 Å². The molecule has 5 aromatic rings. The number of ether oxygens (including phenoxy) is 1. The number of urea groups is 1. The number of amides is 4. The van der Waals surface area contributed by atoms with E-state index in [0.29, 0.717) is 44.7 Å². The lowest BCUT2D eigenvalue weighted by molar-refractivity contribution is -0.137. The molecular weight excluding hydrogens is 690 g/mol. The number of rotatable bonds is 12. The van der Waals surface area contributed by atoms with E-state index in [-0.39, 0.29) is 35.3 Å². The molecule has 2 fully saturated rings. The molecule has 4 heterocycles. The molecule has 0 spiro atoms. The molecule has 3 aromatic carbocycles. The molecule has 15 nitrogen and oxygen atoms in total. The first kappa shape index (κ1) is 36.5. The van der Waals surface area contributed by atoms with E-state index in [9.17, 15) is 24.6 Å². The molecule has 6 N–H and O–H groups in total. The zero-order chi connectivity index (χ0) is 37.6. The summed E-state index contributed by atoms with van der Waals surface area (Å²) in [6.45, 7) is 3.57. The standard InChI is InChI=1S/C39H43N9O6/c1-2-40-36(51)32-30(49)31(50)38(54-32)48-23-43-29-33(41-21-28(25-14-8-4-9-15-25)26-16-10-5-11-17-26)45-34(46-35(29)48)37(52)44-27-18-19-47(22-27)39(53)42-20-24-12-6-3-7-13-24/h3-17,23,27-28,30-32,38,49-50H,2,18-22H2,1H3,(H,40,51)(H,42,53)(H,44,52)(H,41,45,46)/t27-,30+,31-,32+,38-/m1/s1. The Morgan fingerprint density at radius 3 is 2.22 bits per heavy atom. The second kappa shape index (κ2) is 16.4. The first-order chi connectivity index (χ1) is 26.3. The van der Waals surface area contributed by atoms with Gasteiger partial charge in [0, 0.05) is 44.7 Å². The predicted molar refractivity (Wildman–Crippen MR) is 199 cm³/mol. The number of aliphatic hydroxyl groups excluding tert-OH is 2. The number of likely N-dealkylation sites (tertiary alicyclic amines) is 1. The lowest BCUT2D eigenvalue weighted by atomic mass is 9.91. The van der Waals surface area contributed by atoms with Crippen molar-refractivity contribution in [1.82, 2.24) is 40.4 Å². The Labute approximate surface area is 311 Å². The van der Waals surface area contributed by atoms with Crippen molar-refractivity contribution in [3.05, 3.63) is 120 Å². The fourth-order valence-corrected chi connectivity index (χ4v) is 6.90. The van der Waals surface area contributed by atoms with Crippen LogP contribution in [0.25, 0.3) is 11.2 Å². The number of benzene rings is 3. The summed E-state index contributed by atoms with van der Waals surface area (Å²) in [5.74, 6) is -1.15. The Bertz CT molecular complexity index is 2030. The van der Waals surface area contributed by atoms with Crippen LogP contribution < -0.4 is 21.3 Å². The maximum Gasteiger partial charge on any atom is 0.317 e. The zero-order valence-corrected chi connectivity index (χ0v) is 29.7. The highest BCUT2D eigenvalue weighted by Gasteiger charge is 2.47. The van der Waals surface area contributed by atoms with Crippen LogP contribution in [0.2, 0.25) is 0 Å². The van der Waals surface area contributed by atoms with Crippen LogP contribution in [0.1, 0.15) is 52.8 Å². The number of nitrogens with one attached hydrogen (secondary N) is 4. The van der Waals surface area contributed by atoms with Gasteiger partial charge in [-0.25, -0.2) is 19.7 Å². The number of fused-ring (bicyclic) bond motifs is 1. The van der Waals surface area contributed by atoms with Crippen molar-refractivity contribution in [2.75, 3.05) is 31.5 Å². The van der Waals surface area contributed by atoms with E-state index < -0.39 is 36.4 Å². The molecule has 2 saturated heterocycles. The molecule has 280 valence electrons. The van der Waals surface area contributed by atoms with E-state index in [4.69, 9.17) is 4.74 Å². The first-order valence-electron chi connectivity index (χ1n) is 18.1. The van der Waals surface area contributed by atoms with Crippen LogP contribution in [0.15, 0.2) is 97.3 Å². The summed E-state index contributed by atoms with van der Waals surface area (Å²) < 4.78 is 7.28. The number of hydrogen-bond donors (Lipinski definition) is 6. The lowest BCUT2D eigenvalue weighted by Crippen LogP contribution is -2.42. The summed E-state index contributed by atoms with van der Waals surface area (Å²) in [6.07, 6.45) is -3.69. The van der Waals surface area contributed by atoms with Gasteiger partial charge >= 0.3 is 6.03 Å². The maximum atomic E-state index is 13.9. The van der Waals surface area contributed by atoms with Crippen molar-refractivity contribution in [3.8, 4) is 0 Å². The fraction of sp³-hybridized carbons (Fsp3) is 0.333. The number of imidazole rings is 1. The van der Waals surface area contributed by atoms with Gasteiger partial charge in [-0.15, -0.1) is 0 Å². The normalized spacial score (nSPS) is 21.0. The quantitative estimate of drug-likeness (QED) is 0.111. The molecule has 0 bridgehead atoms. The van der Waals surface area contributed by atoms with E-state index in [1.165, 1.54) is 10.9 Å². The summed E-state index contributed by atoms with van der Waals surface area (Å²) in [4.78, 5) is 54.8. The molecule has 2 aromatic heterocycles. The van der Waals surface area contributed by atoms with Crippen LogP contribution >= 0.6 is 0 Å². The first-order valence-corrected chi connectivity index (χ1v) is 18.1. The summed E-state index contributed by atoms with van der Waals surface area (Å²) in [5, 5.41) is 33.7. The molecule has 4 amide bonds. The number of anilines is 1. The smallest absolute Gasteiger partial charge is 0.317 e. The Morgan fingerprint density at radius 1 is 0.889 bits per heavy atom. The van der Waals surface area contributed by atoms with Gasteiger partial charge in [0.1, 0.15) is 12.2 Å². The highest BCUT2D eigenvalue weighted by molar-refractivity contribution is 5.95. The van der Waals surface area contributed by atoms with Gasteiger partial charge in [-0.1, -0.05) is 91.0 Å². The second-order valence-electron chi connectivity index (χ2n) is 13.3. The zero-order valence-electron chi connectivity index (χ0n) is 29.7. The van der Waals surface area contributed by atoms with Crippen molar-refractivity contribution in [1.29, 1.82) is 0 Å². The van der Waals surface area contributed by atoms with Gasteiger partial charge in [0.15, 0.2) is 29.3 Å². The fourth-order valence-electron chi connectivity index (χ4n) is 6.90. The Morgan fingerprint density at radius 2 is 1.56 bits per heavy atom. The Kier molecular flexibility index (Phi) is 11.1. The van der Waals surface area contributed by atoms with Gasteiger partial charge in [0.2, 0.25) is 5.82 Å². The van der Waals surface area contributed by atoms with Crippen LogP contribution in [-0.4, -0.2) is 103 Å². The molecule has 2 aliphatic rings. The van der Waals surface area contributed by atoms with Crippen LogP contribution in [0.4, 0.5) is 10.6 Å². The number of nitrogens with zero attached hydrogens (tertiary/aromatic N) is 5. The van der Waals surface area contributed by atoms with E-state index in [1.54, 1.807) is 11.8 Å². The third-order valence-electron chi connectivity index (χ3n) is 9.72. The molecule has 0 unspecified atom stereocenters. The third-order valence-corrected chi connectivity index (χ3v) is 9.72. The Hall–Kier alpha value is -5.90. The second-order valence-corrected chi connectivity index (χ2v) is 13.3. The topological polar surface area (TPSA) is 196 Å². The van der Waals surface area contributed by atoms with Crippen molar-refractivity contribution in [2.24, 2.45) is 0 Å². The highest BCUT2D eigenvalue weighted by atomic mass is 16.6. The average Bonchev–Trinajstić information content (AvgIpc) is 3.93. The summed E-state index contributed by atoms with van der Waals surface area (Å²) in [7, 11) is 0. The number of aliphatic hydroxyl groups is 2.